The van der Waals surface area contributed by atoms with Crippen LogP contribution in [-0.4, -0.2) is 29.4 Å². The van der Waals surface area contributed by atoms with Gasteiger partial charge in [0.15, 0.2) is 17.2 Å². The van der Waals surface area contributed by atoms with Crippen LogP contribution in [0.2, 0.25) is 10.0 Å². The van der Waals surface area contributed by atoms with Crippen molar-refractivity contribution in [2.45, 2.75) is 6.92 Å². The highest BCUT2D eigenvalue weighted by molar-refractivity contribution is 6.33. The molecule has 1 aliphatic heterocycles. The Labute approximate surface area is 214 Å². The summed E-state index contributed by atoms with van der Waals surface area (Å²) in [5.74, 6) is -1.28. The third-order valence-electron chi connectivity index (χ3n) is 4.85. The van der Waals surface area contributed by atoms with Gasteiger partial charge in [0.2, 0.25) is 5.90 Å². The molecule has 0 aromatic heterocycles. The summed E-state index contributed by atoms with van der Waals surface area (Å²) in [6, 6.07) is 15.3. The second-order valence-electron chi connectivity index (χ2n) is 7.28. The molecule has 1 heterocycles. The zero-order chi connectivity index (χ0) is 25.8. The van der Waals surface area contributed by atoms with Crippen molar-refractivity contribution in [1.82, 2.24) is 0 Å². The predicted octanol–water partition coefficient (Wildman–Crippen LogP) is 5.86. The summed E-state index contributed by atoms with van der Waals surface area (Å²) in [7, 11) is 0. The molecule has 0 saturated heterocycles. The van der Waals surface area contributed by atoms with Gasteiger partial charge >= 0.3 is 11.9 Å². The van der Waals surface area contributed by atoms with Crippen LogP contribution < -0.4 is 9.47 Å². The summed E-state index contributed by atoms with van der Waals surface area (Å²) in [5, 5.41) is 11.2. The summed E-state index contributed by atoms with van der Waals surface area (Å²) in [4.78, 5) is 39.6. The Kier molecular flexibility index (Phi) is 7.33. The van der Waals surface area contributed by atoms with Crippen molar-refractivity contribution in [2.24, 2.45) is 4.99 Å². The lowest BCUT2D eigenvalue weighted by Gasteiger charge is -2.13. The number of nitro groups is 1. The molecular weight excluding hydrogens is 511 g/mol. The predicted molar refractivity (Wildman–Crippen MR) is 133 cm³/mol. The van der Waals surface area contributed by atoms with E-state index in [1.807, 2.05) is 0 Å². The average Bonchev–Trinajstić information content (AvgIpc) is 3.22. The van der Waals surface area contributed by atoms with Crippen molar-refractivity contribution in [3.63, 3.8) is 0 Å². The third kappa shape index (κ3) is 5.37. The largest absolute Gasteiger partial charge is 0.490 e. The molecule has 182 valence electrons. The van der Waals surface area contributed by atoms with Crippen LogP contribution >= 0.6 is 23.2 Å². The minimum atomic E-state index is -0.767. The van der Waals surface area contributed by atoms with Gasteiger partial charge in [0.1, 0.15) is 5.02 Å². The Balaban J connectivity index is 1.66. The van der Waals surface area contributed by atoms with Gasteiger partial charge in [0.25, 0.3) is 5.69 Å². The van der Waals surface area contributed by atoms with Crippen LogP contribution in [0.1, 0.15) is 28.4 Å². The minimum Gasteiger partial charge on any atom is -0.490 e. The maximum Gasteiger partial charge on any atom is 0.363 e. The highest BCUT2D eigenvalue weighted by Gasteiger charge is 2.27. The van der Waals surface area contributed by atoms with Gasteiger partial charge in [0.05, 0.1) is 22.1 Å². The van der Waals surface area contributed by atoms with E-state index in [0.717, 1.165) is 6.07 Å². The van der Waals surface area contributed by atoms with Crippen molar-refractivity contribution < 1.29 is 28.7 Å². The van der Waals surface area contributed by atoms with E-state index in [-0.39, 0.29) is 51.0 Å². The first-order valence-electron chi connectivity index (χ1n) is 10.5. The molecule has 0 radical (unpaired) electrons. The maximum atomic E-state index is 12.5. The second-order valence-corrected chi connectivity index (χ2v) is 8.09. The summed E-state index contributed by atoms with van der Waals surface area (Å²) in [6.07, 6.45) is 1.40. The van der Waals surface area contributed by atoms with E-state index in [2.05, 4.69) is 4.99 Å². The Hall–Kier alpha value is -4.21. The molecule has 0 amide bonds. The fourth-order valence-electron chi connectivity index (χ4n) is 3.24. The molecule has 0 N–H and O–H groups in total. The molecule has 0 atom stereocenters. The molecule has 3 aromatic carbocycles. The number of hydrogen-bond acceptors (Lipinski definition) is 8. The number of rotatable bonds is 7. The molecule has 11 heteroatoms. The highest BCUT2D eigenvalue weighted by Crippen LogP contribution is 2.38. The van der Waals surface area contributed by atoms with E-state index in [1.165, 1.54) is 30.3 Å². The van der Waals surface area contributed by atoms with Crippen molar-refractivity contribution in [1.29, 1.82) is 0 Å². The van der Waals surface area contributed by atoms with Crippen LogP contribution in [0.4, 0.5) is 5.69 Å². The molecule has 9 nitrogen and oxygen atoms in total. The van der Waals surface area contributed by atoms with Gasteiger partial charge in [-0.3, -0.25) is 10.1 Å². The van der Waals surface area contributed by atoms with Gasteiger partial charge < -0.3 is 14.2 Å². The number of esters is 2. The number of nitrogens with zero attached hydrogens (tertiary/aromatic N) is 2. The average molecular weight is 527 g/mol. The summed E-state index contributed by atoms with van der Waals surface area (Å²) < 4.78 is 16.3. The van der Waals surface area contributed by atoms with Crippen LogP contribution in [0.25, 0.3) is 6.08 Å². The Bertz CT molecular complexity index is 1440. The lowest BCUT2D eigenvalue weighted by molar-refractivity contribution is -0.384. The van der Waals surface area contributed by atoms with E-state index in [9.17, 15) is 19.7 Å². The van der Waals surface area contributed by atoms with E-state index >= 15 is 0 Å². The van der Waals surface area contributed by atoms with Gasteiger partial charge in [-0.05, 0) is 55.0 Å². The molecule has 3 aromatic rings. The Morgan fingerprint density at radius 2 is 1.86 bits per heavy atom. The molecule has 36 heavy (non-hydrogen) atoms. The lowest BCUT2D eigenvalue weighted by atomic mass is 10.1. The number of halogens is 2. The topological polar surface area (TPSA) is 117 Å². The monoisotopic (exact) mass is 526 g/mol. The Morgan fingerprint density at radius 3 is 2.56 bits per heavy atom. The first-order valence-corrected chi connectivity index (χ1v) is 11.2. The van der Waals surface area contributed by atoms with Gasteiger partial charge in [-0.15, -0.1) is 0 Å². The summed E-state index contributed by atoms with van der Waals surface area (Å²) in [5.41, 5.74) is 0.538. The van der Waals surface area contributed by atoms with Crippen LogP contribution in [0, 0.1) is 10.1 Å². The highest BCUT2D eigenvalue weighted by atomic mass is 35.5. The first kappa shape index (κ1) is 24.9. The summed E-state index contributed by atoms with van der Waals surface area (Å²) >= 11 is 12.2. The number of carbonyl (C=O) groups excluding carboxylic acids is 2. The smallest absolute Gasteiger partial charge is 0.363 e. The molecule has 4 rings (SSSR count). The molecule has 0 bridgehead atoms. The van der Waals surface area contributed by atoms with Crippen molar-refractivity contribution in [3.8, 4) is 11.5 Å². The van der Waals surface area contributed by atoms with Gasteiger partial charge in [-0.2, -0.15) is 0 Å². The molecule has 0 fully saturated rings. The lowest BCUT2D eigenvalue weighted by Crippen LogP contribution is -2.10. The number of carbonyl (C=O) groups is 2. The van der Waals surface area contributed by atoms with Gasteiger partial charge in [-0.25, -0.2) is 14.6 Å². The van der Waals surface area contributed by atoms with E-state index in [1.54, 1.807) is 37.3 Å². The maximum absolute atomic E-state index is 12.5. The first-order chi connectivity index (χ1) is 17.3. The SMILES string of the molecule is CCOc1cc(/C=C2\N=C(c3ccc(Cl)c([N+](=O)[O-])c3)OC2=O)cc(Cl)c1OC(=O)c1ccccc1. The zero-order valence-corrected chi connectivity index (χ0v) is 20.1. The van der Waals surface area contributed by atoms with Crippen molar-refractivity contribution >= 4 is 52.8 Å². The standard InChI is InChI=1S/C25H16Cl2N2O7/c1-2-34-21-12-14(10-18(27)22(21)35-24(30)15-6-4-3-5-7-15)11-19-25(31)36-23(28-19)16-8-9-17(26)20(13-16)29(32)33/h3-13H,2H2,1H3/b19-11-. The number of cyclic esters (lactones) is 1. The van der Waals surface area contributed by atoms with Crippen LogP contribution in [0.3, 0.4) is 0 Å². The van der Waals surface area contributed by atoms with Gasteiger partial charge in [0, 0.05) is 11.6 Å². The fraction of sp³-hybridized carbons (Fsp3) is 0.0800. The Morgan fingerprint density at radius 1 is 1.11 bits per heavy atom. The summed E-state index contributed by atoms with van der Waals surface area (Å²) in [6.45, 7) is 2.00. The zero-order valence-electron chi connectivity index (χ0n) is 18.6. The second kappa shape index (κ2) is 10.6. The number of aliphatic imine (C=N–C) groups is 1. The minimum absolute atomic E-state index is 0.0289. The van der Waals surface area contributed by atoms with Crippen molar-refractivity contribution in [3.05, 3.63) is 103 Å². The van der Waals surface area contributed by atoms with E-state index in [4.69, 9.17) is 37.4 Å². The van der Waals surface area contributed by atoms with E-state index < -0.39 is 16.9 Å². The van der Waals surface area contributed by atoms with Crippen LogP contribution in [-0.2, 0) is 9.53 Å². The molecule has 1 aliphatic rings. The van der Waals surface area contributed by atoms with E-state index in [0.29, 0.717) is 11.1 Å². The third-order valence-corrected chi connectivity index (χ3v) is 5.45. The number of ether oxygens (including phenoxy) is 3. The number of nitro benzene ring substituents is 1. The quantitative estimate of drug-likeness (QED) is 0.124. The molecule has 0 unspecified atom stereocenters. The molecule has 0 spiro atoms. The molecule has 0 saturated carbocycles. The van der Waals surface area contributed by atoms with Gasteiger partial charge in [-0.1, -0.05) is 41.4 Å². The molecular formula is C25H16Cl2N2O7. The fourth-order valence-corrected chi connectivity index (χ4v) is 3.68. The van der Waals surface area contributed by atoms with Crippen LogP contribution in [0.15, 0.2) is 71.4 Å². The molecule has 0 aliphatic carbocycles. The normalized spacial score (nSPS) is 13.8. The van der Waals surface area contributed by atoms with Crippen molar-refractivity contribution in [2.75, 3.05) is 6.61 Å². The number of hydrogen-bond donors (Lipinski definition) is 0. The van der Waals surface area contributed by atoms with Crippen LogP contribution in [0.5, 0.6) is 11.5 Å². The number of benzene rings is 3.